The van der Waals surface area contributed by atoms with Crippen molar-refractivity contribution in [3.8, 4) is 5.75 Å². The van der Waals surface area contributed by atoms with Crippen molar-refractivity contribution in [2.45, 2.75) is 108 Å². The van der Waals surface area contributed by atoms with Crippen LogP contribution in [0.5, 0.6) is 5.75 Å². The van der Waals surface area contributed by atoms with Crippen molar-refractivity contribution in [1.82, 2.24) is 9.88 Å². The second kappa shape index (κ2) is 14.6. The fourth-order valence-corrected chi connectivity index (χ4v) is 10.6. The maximum absolute atomic E-state index is 13.3. The number of rotatable bonds is 10. The number of hydrogen-bond acceptors (Lipinski definition) is 5. The number of aromatic nitrogens is 1. The zero-order valence-corrected chi connectivity index (χ0v) is 28.8. The quantitative estimate of drug-likeness (QED) is 0.251. The van der Waals surface area contributed by atoms with Crippen LogP contribution < -0.4 is 4.74 Å². The lowest BCUT2D eigenvalue weighted by Gasteiger charge is -2.53. The van der Waals surface area contributed by atoms with Crippen LogP contribution in [-0.4, -0.2) is 68.1 Å². The monoisotopic (exact) mass is 710 g/mol. The van der Waals surface area contributed by atoms with Crippen molar-refractivity contribution in [3.63, 3.8) is 0 Å². The molecule has 0 radical (unpaired) electrons. The normalized spacial score (nSPS) is 29.5. The van der Waals surface area contributed by atoms with Gasteiger partial charge in [0.25, 0.3) is 0 Å². The minimum Gasteiger partial charge on any atom is -0.410 e. The molecule has 1 unspecified atom stereocenters. The van der Waals surface area contributed by atoms with E-state index in [2.05, 4.69) is 18.0 Å². The molecule has 0 bridgehead atoms. The Kier molecular flexibility index (Phi) is 10.8. The first-order chi connectivity index (χ1) is 23.3. The van der Waals surface area contributed by atoms with Gasteiger partial charge in [0.05, 0.1) is 6.10 Å². The van der Waals surface area contributed by atoms with E-state index in [0.29, 0.717) is 43.0 Å². The number of benzene rings is 1. The molecule has 2 saturated carbocycles. The van der Waals surface area contributed by atoms with Gasteiger partial charge in [0.15, 0.2) is 0 Å². The van der Waals surface area contributed by atoms with E-state index in [9.17, 15) is 36.1 Å². The minimum atomic E-state index is -5.60. The molecule has 1 N–H and O–H groups in total. The number of hydrogen-bond donors (Lipinski definition) is 1. The number of fused-ring (bicyclic) bond motifs is 5. The molecule has 1 amide bonds. The van der Waals surface area contributed by atoms with Crippen LogP contribution in [0.2, 0.25) is 0 Å². The number of carbonyl (C=O) groups is 1. The number of aliphatic hydroxyl groups excluding tert-OH is 1. The Balaban J connectivity index is 1.10. The van der Waals surface area contributed by atoms with Crippen LogP contribution in [0.15, 0.2) is 42.7 Å². The highest BCUT2D eigenvalue weighted by Gasteiger charge is 2.57. The van der Waals surface area contributed by atoms with Crippen molar-refractivity contribution >= 4 is 16.9 Å². The van der Waals surface area contributed by atoms with Gasteiger partial charge in [-0.15, -0.1) is 0 Å². The number of halogens is 5. The highest BCUT2D eigenvalue weighted by molar-refractivity contribution is 7.84. The van der Waals surface area contributed by atoms with Crippen LogP contribution in [0.4, 0.5) is 26.7 Å². The smallest absolute Gasteiger partial charge is 0.410 e. The first-order valence-electron chi connectivity index (χ1n) is 17.7. The number of aliphatic hydroxyl groups is 1. The molecule has 3 aliphatic carbocycles. The average Bonchev–Trinajstić information content (AvgIpc) is 3.38. The van der Waals surface area contributed by atoms with Gasteiger partial charge in [-0.1, -0.05) is 13.0 Å². The van der Waals surface area contributed by atoms with Gasteiger partial charge >= 0.3 is 18.2 Å². The third-order valence-electron chi connectivity index (χ3n) is 12.2. The topological polar surface area (TPSA) is 79.7 Å². The summed E-state index contributed by atoms with van der Waals surface area (Å²) in [4.78, 5) is 19.0. The number of nitrogens with zero attached hydrogens (tertiary/aromatic N) is 2. The van der Waals surface area contributed by atoms with E-state index in [-0.39, 0.29) is 41.0 Å². The van der Waals surface area contributed by atoms with Gasteiger partial charge in [0.2, 0.25) is 0 Å². The Morgan fingerprint density at radius 1 is 1.02 bits per heavy atom. The summed E-state index contributed by atoms with van der Waals surface area (Å²) in [7, 11) is -1.49. The van der Waals surface area contributed by atoms with Crippen LogP contribution in [0.3, 0.4) is 0 Å². The number of ether oxygens (including phenoxy) is 1. The van der Waals surface area contributed by atoms with Gasteiger partial charge in [0, 0.05) is 54.2 Å². The zero-order valence-electron chi connectivity index (χ0n) is 28.0. The highest BCUT2D eigenvalue weighted by atomic mass is 32.2. The van der Waals surface area contributed by atoms with Gasteiger partial charge in [-0.05, 0) is 140 Å². The molecule has 1 aliphatic heterocycles. The van der Waals surface area contributed by atoms with E-state index in [1.54, 1.807) is 17.3 Å². The third-order valence-corrected chi connectivity index (χ3v) is 13.7. The molecular formula is C37H47F5N2O4S. The minimum absolute atomic E-state index is 0.163. The number of carbonyl (C=O) groups excluding carboxylic acids is 1. The van der Waals surface area contributed by atoms with E-state index in [1.807, 2.05) is 24.3 Å². The van der Waals surface area contributed by atoms with Gasteiger partial charge in [-0.2, -0.15) is 22.0 Å². The van der Waals surface area contributed by atoms with Crippen LogP contribution >= 0.6 is 0 Å². The lowest BCUT2D eigenvalue weighted by Crippen LogP contribution is -2.47. The van der Waals surface area contributed by atoms with E-state index in [0.717, 1.165) is 56.9 Å². The molecule has 1 saturated heterocycles. The number of alkyl halides is 5. The SMILES string of the molecule is C[C@]12CC[C@@H]3c4ccc(OC(=O)N5CCC(c6ccncc6)CC5)cc4C[C@@H](CCCS(=O)CCCC(F)(F)C(F)(F)F)[C@H]3[C@@H]1CC[C@@H]2O. The molecule has 6 rings (SSSR count). The summed E-state index contributed by atoms with van der Waals surface area (Å²) in [6, 6.07) is 10.0. The lowest BCUT2D eigenvalue weighted by atomic mass is 9.52. The van der Waals surface area contributed by atoms with Crippen LogP contribution in [0, 0.1) is 23.2 Å². The summed E-state index contributed by atoms with van der Waals surface area (Å²) in [6.07, 6.45) is 2.80. The molecule has 3 fully saturated rings. The first kappa shape index (κ1) is 36.2. The molecule has 2 aromatic rings. The van der Waals surface area contributed by atoms with E-state index < -0.39 is 35.7 Å². The molecule has 1 aromatic heterocycles. The highest BCUT2D eigenvalue weighted by Crippen LogP contribution is 2.62. The van der Waals surface area contributed by atoms with Crippen LogP contribution in [-0.2, 0) is 17.2 Å². The summed E-state index contributed by atoms with van der Waals surface area (Å²) >= 11 is 0. The molecule has 1 aromatic carbocycles. The molecule has 49 heavy (non-hydrogen) atoms. The molecule has 270 valence electrons. The van der Waals surface area contributed by atoms with Crippen molar-refractivity contribution in [1.29, 1.82) is 0 Å². The summed E-state index contributed by atoms with van der Waals surface area (Å²) < 4.78 is 82.7. The Labute approximate surface area is 287 Å². The fourth-order valence-electron chi connectivity index (χ4n) is 9.49. The molecular weight excluding hydrogens is 663 g/mol. The summed E-state index contributed by atoms with van der Waals surface area (Å²) in [6.45, 7) is 3.42. The molecule has 7 atom stereocenters. The Hall–Kier alpha value is -2.60. The number of likely N-dealkylation sites (tertiary alicyclic amines) is 1. The second-order valence-corrected chi connectivity index (χ2v) is 16.7. The van der Waals surface area contributed by atoms with E-state index in [1.165, 1.54) is 11.1 Å². The van der Waals surface area contributed by atoms with Gasteiger partial charge < -0.3 is 14.7 Å². The largest absolute Gasteiger partial charge is 0.453 e. The predicted octanol–water partition coefficient (Wildman–Crippen LogP) is 8.41. The Morgan fingerprint density at radius 3 is 2.45 bits per heavy atom. The third kappa shape index (κ3) is 7.70. The molecule has 12 heteroatoms. The number of amides is 1. The standard InChI is InChI=1S/C37H47F5N2O4S/c1-35-15-9-30-29-6-5-28(48-34(46)44-18-12-25(13-19-44)24-10-16-43-17-11-24)23-27(29)22-26(33(30)31(35)7-8-32(35)45)4-2-20-49(47)21-3-14-36(38,39)37(40,41)42/h5-6,10-11,16-17,23,25-26,30-33,45H,2-4,7-9,12-15,18-22H2,1H3/t26-,30-,31+,32+,33-,35+,49?/m1/s1. The maximum atomic E-state index is 13.3. The Bertz CT molecular complexity index is 1480. The predicted molar refractivity (Wildman–Crippen MR) is 177 cm³/mol. The van der Waals surface area contributed by atoms with Gasteiger partial charge in [0.1, 0.15) is 5.75 Å². The lowest BCUT2D eigenvalue weighted by molar-refractivity contribution is -0.284. The second-order valence-electron chi connectivity index (χ2n) is 15.0. The molecule has 6 nitrogen and oxygen atoms in total. The van der Waals surface area contributed by atoms with Crippen LogP contribution in [0.25, 0.3) is 0 Å². The van der Waals surface area contributed by atoms with Crippen molar-refractivity contribution in [3.05, 3.63) is 59.4 Å². The van der Waals surface area contributed by atoms with Crippen molar-refractivity contribution in [2.75, 3.05) is 24.6 Å². The van der Waals surface area contributed by atoms with Crippen molar-refractivity contribution in [2.24, 2.45) is 23.2 Å². The fraction of sp³-hybridized carbons (Fsp3) is 0.676. The molecule has 0 spiro atoms. The average molecular weight is 711 g/mol. The van der Waals surface area contributed by atoms with Gasteiger partial charge in [-0.25, -0.2) is 4.79 Å². The van der Waals surface area contributed by atoms with Gasteiger partial charge in [-0.3, -0.25) is 9.19 Å². The number of piperidine rings is 1. The van der Waals surface area contributed by atoms with E-state index >= 15 is 0 Å². The zero-order chi connectivity index (χ0) is 35.0. The van der Waals surface area contributed by atoms with Crippen molar-refractivity contribution < 1.29 is 40.8 Å². The summed E-state index contributed by atoms with van der Waals surface area (Å²) in [5.74, 6) is -2.67. The summed E-state index contributed by atoms with van der Waals surface area (Å²) in [5, 5.41) is 11.0. The Morgan fingerprint density at radius 2 is 1.73 bits per heavy atom. The first-order valence-corrected chi connectivity index (χ1v) is 19.2. The molecule has 2 heterocycles. The summed E-state index contributed by atoms with van der Waals surface area (Å²) in [5.41, 5.74) is 3.46. The van der Waals surface area contributed by atoms with Crippen LogP contribution in [0.1, 0.15) is 99.7 Å². The number of pyridine rings is 1. The van der Waals surface area contributed by atoms with E-state index in [4.69, 9.17) is 4.74 Å². The molecule has 4 aliphatic rings. The maximum Gasteiger partial charge on any atom is 0.453 e.